The summed E-state index contributed by atoms with van der Waals surface area (Å²) >= 11 is 2.90. The Labute approximate surface area is 143 Å². The Kier molecular flexibility index (Phi) is 5.05. The Hall–Kier alpha value is -1.35. The maximum Gasteiger partial charge on any atom is 0.265 e. The van der Waals surface area contributed by atoms with E-state index in [1.165, 1.54) is 15.8 Å². The summed E-state index contributed by atoms with van der Waals surface area (Å²) in [6, 6.07) is 10.5. The second kappa shape index (κ2) is 7.04. The molecule has 1 saturated heterocycles. The van der Waals surface area contributed by atoms with Crippen LogP contribution in [0.5, 0.6) is 0 Å². The van der Waals surface area contributed by atoms with Crippen molar-refractivity contribution in [3.8, 4) is 0 Å². The van der Waals surface area contributed by atoms with E-state index < -0.39 is 10.0 Å². The molecule has 1 aliphatic heterocycles. The molecule has 1 aliphatic rings. The Balaban J connectivity index is 1.76. The van der Waals surface area contributed by atoms with Gasteiger partial charge in [0.1, 0.15) is 0 Å². The van der Waals surface area contributed by atoms with Gasteiger partial charge in [-0.15, -0.1) is 11.3 Å². The van der Waals surface area contributed by atoms with E-state index >= 15 is 0 Å². The molecule has 5 nitrogen and oxygen atoms in total. The lowest BCUT2D eigenvalue weighted by molar-refractivity contribution is 0.103. The summed E-state index contributed by atoms with van der Waals surface area (Å²) in [6.07, 6.45) is 0. The Morgan fingerprint density at radius 3 is 2.52 bits per heavy atom. The molecule has 8 heteroatoms. The highest BCUT2D eigenvalue weighted by atomic mass is 32.2. The van der Waals surface area contributed by atoms with Crippen molar-refractivity contribution < 1.29 is 13.2 Å². The predicted octanol–water partition coefficient (Wildman–Crippen LogP) is 2.74. The highest BCUT2D eigenvalue weighted by Gasteiger charge is 2.27. The molecule has 2 aromatic rings. The average molecular weight is 369 g/mol. The quantitative estimate of drug-likeness (QED) is 0.901. The lowest BCUT2D eigenvalue weighted by atomic mass is 10.3. The van der Waals surface area contributed by atoms with Crippen LogP contribution in [0, 0.1) is 0 Å². The SMILES string of the molecule is O=C(Nc1ccccc1)c1cc(S(=O)(=O)N2CCSCC2)cs1. The first-order chi connectivity index (χ1) is 11.1. The lowest BCUT2D eigenvalue weighted by Crippen LogP contribution is -2.37. The second-order valence-electron chi connectivity index (χ2n) is 4.98. The number of anilines is 1. The lowest BCUT2D eigenvalue weighted by Gasteiger charge is -2.24. The van der Waals surface area contributed by atoms with Crippen LogP contribution in [0.2, 0.25) is 0 Å². The Morgan fingerprint density at radius 2 is 1.83 bits per heavy atom. The van der Waals surface area contributed by atoms with Crippen molar-refractivity contribution in [2.45, 2.75) is 4.90 Å². The van der Waals surface area contributed by atoms with Crippen LogP contribution in [0.4, 0.5) is 5.69 Å². The van der Waals surface area contributed by atoms with Crippen molar-refractivity contribution in [3.05, 3.63) is 46.7 Å². The zero-order valence-corrected chi connectivity index (χ0v) is 14.7. The van der Waals surface area contributed by atoms with Gasteiger partial charge in [0.05, 0.1) is 9.77 Å². The molecule has 1 aromatic heterocycles. The first-order valence-corrected chi connectivity index (χ1v) is 10.6. The van der Waals surface area contributed by atoms with Crippen molar-refractivity contribution >= 4 is 44.7 Å². The third-order valence-electron chi connectivity index (χ3n) is 3.44. The summed E-state index contributed by atoms with van der Waals surface area (Å²) in [4.78, 5) is 12.8. The smallest absolute Gasteiger partial charge is 0.265 e. The second-order valence-corrected chi connectivity index (χ2v) is 9.06. The van der Waals surface area contributed by atoms with Crippen molar-refractivity contribution in [3.63, 3.8) is 0 Å². The number of hydrogen-bond acceptors (Lipinski definition) is 5. The van der Waals surface area contributed by atoms with Crippen LogP contribution < -0.4 is 5.32 Å². The topological polar surface area (TPSA) is 66.5 Å². The minimum absolute atomic E-state index is 0.201. The number of nitrogens with one attached hydrogen (secondary N) is 1. The monoisotopic (exact) mass is 368 g/mol. The van der Waals surface area contributed by atoms with E-state index in [-0.39, 0.29) is 10.8 Å². The summed E-state index contributed by atoms with van der Waals surface area (Å²) in [5.41, 5.74) is 0.684. The Morgan fingerprint density at radius 1 is 1.13 bits per heavy atom. The van der Waals surface area contributed by atoms with Crippen LogP contribution in [0.15, 0.2) is 46.7 Å². The number of carbonyl (C=O) groups is 1. The molecule has 2 heterocycles. The normalized spacial score (nSPS) is 16.2. The number of amides is 1. The molecule has 1 aromatic carbocycles. The molecule has 0 aliphatic carbocycles. The summed E-state index contributed by atoms with van der Waals surface area (Å²) in [7, 11) is -3.50. The first kappa shape index (κ1) is 16.5. The molecule has 0 unspecified atom stereocenters. The molecule has 3 rings (SSSR count). The number of carbonyl (C=O) groups excluding carboxylic acids is 1. The summed E-state index contributed by atoms with van der Waals surface area (Å²) in [5.74, 6) is 1.33. The number of hydrogen-bond donors (Lipinski definition) is 1. The third kappa shape index (κ3) is 3.77. The molecule has 0 radical (unpaired) electrons. The average Bonchev–Trinajstić information content (AvgIpc) is 3.07. The van der Waals surface area contributed by atoms with E-state index in [0.717, 1.165) is 22.8 Å². The van der Waals surface area contributed by atoms with Gasteiger partial charge in [-0.25, -0.2) is 8.42 Å². The maximum absolute atomic E-state index is 12.6. The third-order valence-corrected chi connectivity index (χ3v) is 7.34. The first-order valence-electron chi connectivity index (χ1n) is 7.10. The van der Waals surface area contributed by atoms with Crippen LogP contribution in [0.25, 0.3) is 0 Å². The van der Waals surface area contributed by atoms with Gasteiger partial charge < -0.3 is 5.32 Å². The molecule has 1 amide bonds. The molecular formula is C15H16N2O3S3. The number of nitrogens with zero attached hydrogens (tertiary/aromatic N) is 1. The van der Waals surface area contributed by atoms with Crippen molar-refractivity contribution in [2.75, 3.05) is 29.9 Å². The standard InChI is InChI=1S/C15H16N2O3S3/c18-15(16-12-4-2-1-3-5-12)14-10-13(11-22-14)23(19,20)17-6-8-21-9-7-17/h1-5,10-11H,6-9H2,(H,16,18). The number of rotatable bonds is 4. The van der Waals surface area contributed by atoms with Gasteiger partial charge in [0.15, 0.2) is 0 Å². The fourth-order valence-electron chi connectivity index (χ4n) is 2.22. The number of benzene rings is 1. The zero-order chi connectivity index (χ0) is 16.3. The van der Waals surface area contributed by atoms with Crippen LogP contribution in [0.1, 0.15) is 9.67 Å². The Bertz CT molecular complexity index is 781. The minimum Gasteiger partial charge on any atom is -0.321 e. The fraction of sp³-hybridized carbons (Fsp3) is 0.267. The summed E-state index contributed by atoms with van der Waals surface area (Å²) in [5, 5.41) is 4.30. The van der Waals surface area contributed by atoms with E-state index in [0.29, 0.717) is 23.7 Å². The van der Waals surface area contributed by atoms with Crippen LogP contribution in [-0.4, -0.2) is 43.2 Å². The van der Waals surface area contributed by atoms with Crippen molar-refractivity contribution in [1.82, 2.24) is 4.31 Å². The van der Waals surface area contributed by atoms with E-state index in [4.69, 9.17) is 0 Å². The zero-order valence-electron chi connectivity index (χ0n) is 12.3. The van der Waals surface area contributed by atoms with Gasteiger partial charge in [-0.1, -0.05) is 18.2 Å². The highest BCUT2D eigenvalue weighted by molar-refractivity contribution is 7.99. The fourth-order valence-corrected chi connectivity index (χ4v) is 5.96. The summed E-state index contributed by atoms with van der Waals surface area (Å²) < 4.78 is 26.6. The molecule has 1 N–H and O–H groups in total. The predicted molar refractivity (Wildman–Crippen MR) is 94.8 cm³/mol. The molecule has 0 bridgehead atoms. The number of thiophene rings is 1. The largest absolute Gasteiger partial charge is 0.321 e. The molecule has 23 heavy (non-hydrogen) atoms. The van der Waals surface area contributed by atoms with Gasteiger partial charge in [0, 0.05) is 35.7 Å². The highest BCUT2D eigenvalue weighted by Crippen LogP contribution is 2.25. The van der Waals surface area contributed by atoms with E-state index in [1.807, 2.05) is 18.2 Å². The molecule has 0 atom stereocenters. The van der Waals surface area contributed by atoms with Crippen LogP contribution >= 0.6 is 23.1 Å². The van der Waals surface area contributed by atoms with E-state index in [2.05, 4.69) is 5.32 Å². The van der Waals surface area contributed by atoms with Gasteiger partial charge in [-0.2, -0.15) is 16.1 Å². The van der Waals surface area contributed by atoms with Crippen molar-refractivity contribution in [1.29, 1.82) is 0 Å². The summed E-state index contributed by atoms with van der Waals surface area (Å²) in [6.45, 7) is 1.04. The molecule has 1 fully saturated rings. The number of sulfonamides is 1. The van der Waals surface area contributed by atoms with Crippen LogP contribution in [-0.2, 0) is 10.0 Å². The van der Waals surface area contributed by atoms with E-state index in [1.54, 1.807) is 23.9 Å². The molecular weight excluding hydrogens is 352 g/mol. The minimum atomic E-state index is -3.50. The van der Waals surface area contributed by atoms with Gasteiger partial charge in [-0.05, 0) is 18.2 Å². The molecule has 0 saturated carbocycles. The molecule has 122 valence electrons. The maximum atomic E-state index is 12.6. The van der Waals surface area contributed by atoms with Crippen molar-refractivity contribution in [2.24, 2.45) is 0 Å². The van der Waals surface area contributed by atoms with Gasteiger partial charge in [0.2, 0.25) is 10.0 Å². The van der Waals surface area contributed by atoms with Gasteiger partial charge >= 0.3 is 0 Å². The van der Waals surface area contributed by atoms with Crippen LogP contribution in [0.3, 0.4) is 0 Å². The number of thioether (sulfide) groups is 1. The van der Waals surface area contributed by atoms with Gasteiger partial charge in [0.25, 0.3) is 5.91 Å². The van der Waals surface area contributed by atoms with Gasteiger partial charge in [-0.3, -0.25) is 4.79 Å². The van der Waals surface area contributed by atoms with E-state index in [9.17, 15) is 13.2 Å². The molecule has 0 spiro atoms. The number of para-hydroxylation sites is 1.